The van der Waals surface area contributed by atoms with Gasteiger partial charge in [-0.15, -0.1) is 0 Å². The van der Waals surface area contributed by atoms with Crippen LogP contribution in [-0.4, -0.2) is 48.1 Å². The molecule has 3 heterocycles. The summed E-state index contributed by atoms with van der Waals surface area (Å²) >= 11 is 0. The predicted octanol–water partition coefficient (Wildman–Crippen LogP) is 2.36. The molecule has 2 bridgehead atoms. The summed E-state index contributed by atoms with van der Waals surface area (Å²) in [5, 5.41) is 3.00. The summed E-state index contributed by atoms with van der Waals surface area (Å²) in [4.78, 5) is 27.1. The van der Waals surface area contributed by atoms with Crippen molar-refractivity contribution < 1.29 is 18.7 Å². The number of benzene rings is 1. The van der Waals surface area contributed by atoms with Crippen molar-refractivity contribution in [3.8, 4) is 0 Å². The van der Waals surface area contributed by atoms with Crippen molar-refractivity contribution in [3.63, 3.8) is 0 Å². The number of likely N-dealkylation sites (tertiary alicyclic amines) is 1. The molecule has 0 aromatic heterocycles. The fourth-order valence-electron chi connectivity index (χ4n) is 5.46. The Morgan fingerprint density at radius 3 is 2.70 bits per heavy atom. The highest BCUT2D eigenvalue weighted by Gasteiger charge is 2.63. The molecule has 3 aliphatic heterocycles. The van der Waals surface area contributed by atoms with E-state index < -0.39 is 0 Å². The van der Waals surface area contributed by atoms with Gasteiger partial charge in [-0.3, -0.25) is 9.59 Å². The predicted molar refractivity (Wildman–Crippen MR) is 96.5 cm³/mol. The zero-order chi connectivity index (χ0) is 18.6. The molecule has 6 heteroatoms. The first kappa shape index (κ1) is 17.2. The minimum Gasteiger partial charge on any atom is -0.369 e. The van der Waals surface area contributed by atoms with E-state index in [0.29, 0.717) is 30.5 Å². The van der Waals surface area contributed by atoms with Gasteiger partial charge in [-0.05, 0) is 49.9 Å². The first-order chi connectivity index (χ1) is 13.1. The third kappa shape index (κ3) is 2.76. The van der Waals surface area contributed by atoms with E-state index in [1.54, 1.807) is 0 Å². The first-order valence-corrected chi connectivity index (χ1v) is 10.1. The van der Waals surface area contributed by atoms with Gasteiger partial charge in [-0.25, -0.2) is 4.39 Å². The lowest BCUT2D eigenvalue weighted by Crippen LogP contribution is -2.41. The second kappa shape index (κ2) is 6.30. The maximum absolute atomic E-state index is 13.0. The lowest BCUT2D eigenvalue weighted by atomic mass is 9.73. The van der Waals surface area contributed by atoms with Gasteiger partial charge < -0.3 is 15.0 Å². The maximum Gasteiger partial charge on any atom is 0.251 e. The molecular formula is C21H25FN2O3. The zero-order valence-electron chi connectivity index (χ0n) is 15.3. The summed E-state index contributed by atoms with van der Waals surface area (Å²) in [5.41, 5.74) is 0.262. The van der Waals surface area contributed by atoms with Crippen molar-refractivity contribution in [2.45, 2.75) is 43.8 Å². The number of hydrogen-bond donors (Lipinski definition) is 1. The molecule has 5 nitrogen and oxygen atoms in total. The molecule has 27 heavy (non-hydrogen) atoms. The topological polar surface area (TPSA) is 58.6 Å². The molecule has 1 aliphatic carbocycles. The van der Waals surface area contributed by atoms with Gasteiger partial charge >= 0.3 is 0 Å². The minimum absolute atomic E-state index is 0.171. The fraction of sp³-hybridized carbons (Fsp3) is 0.619. The highest BCUT2D eigenvalue weighted by molar-refractivity contribution is 5.94. The number of amides is 2. The molecule has 4 atom stereocenters. The van der Waals surface area contributed by atoms with E-state index in [2.05, 4.69) is 5.32 Å². The van der Waals surface area contributed by atoms with Crippen LogP contribution in [0.4, 0.5) is 4.39 Å². The lowest BCUT2D eigenvalue weighted by Gasteiger charge is -2.30. The second-order valence-corrected chi connectivity index (χ2v) is 8.59. The fourth-order valence-corrected chi connectivity index (χ4v) is 5.46. The van der Waals surface area contributed by atoms with Gasteiger partial charge in [-0.1, -0.05) is 6.42 Å². The van der Waals surface area contributed by atoms with Crippen LogP contribution in [0.2, 0.25) is 0 Å². The van der Waals surface area contributed by atoms with Crippen LogP contribution >= 0.6 is 0 Å². The standard InChI is InChI=1S/C21H25FN2O3/c22-15-6-4-13(5-7-15)19(25)23-10-16-17-11-24(20(26)14-2-1-3-14)12-21(17)9-8-18(16)27-21/h4-7,14,16-18H,1-3,8-12H2,(H,23,25)/t16-,17+,18+,21+/m0/s1. The van der Waals surface area contributed by atoms with Crippen LogP contribution in [0.5, 0.6) is 0 Å². The monoisotopic (exact) mass is 372 g/mol. The number of ether oxygens (including phenoxy) is 1. The van der Waals surface area contributed by atoms with Crippen LogP contribution in [0, 0.1) is 23.6 Å². The normalized spacial score (nSPS) is 34.4. The van der Waals surface area contributed by atoms with E-state index in [1.807, 2.05) is 4.90 Å². The summed E-state index contributed by atoms with van der Waals surface area (Å²) in [5.74, 6) is 0.515. The Balaban J connectivity index is 1.25. The molecule has 5 rings (SSSR count). The summed E-state index contributed by atoms with van der Waals surface area (Å²) in [6, 6.07) is 5.59. The summed E-state index contributed by atoms with van der Waals surface area (Å²) < 4.78 is 19.4. The molecule has 4 aliphatic rings. The van der Waals surface area contributed by atoms with Crippen LogP contribution in [0.15, 0.2) is 24.3 Å². The molecule has 2 amide bonds. The number of rotatable bonds is 4. The molecule has 1 spiro atoms. The summed E-state index contributed by atoms with van der Waals surface area (Å²) in [7, 11) is 0. The van der Waals surface area contributed by atoms with Crippen molar-refractivity contribution in [2.24, 2.45) is 17.8 Å². The van der Waals surface area contributed by atoms with Gasteiger partial charge in [0.25, 0.3) is 5.91 Å². The van der Waals surface area contributed by atoms with Gasteiger partial charge in [0.2, 0.25) is 5.91 Å². The number of carbonyl (C=O) groups excluding carboxylic acids is 2. The molecule has 1 aromatic rings. The smallest absolute Gasteiger partial charge is 0.251 e. The number of nitrogens with one attached hydrogen (secondary N) is 1. The Morgan fingerprint density at radius 2 is 2.00 bits per heavy atom. The number of nitrogens with zero attached hydrogens (tertiary/aromatic N) is 1. The van der Waals surface area contributed by atoms with Crippen molar-refractivity contribution in [1.29, 1.82) is 0 Å². The lowest BCUT2D eigenvalue weighted by molar-refractivity contribution is -0.138. The zero-order valence-corrected chi connectivity index (χ0v) is 15.3. The van der Waals surface area contributed by atoms with E-state index in [4.69, 9.17) is 4.74 Å². The molecule has 0 unspecified atom stereocenters. The van der Waals surface area contributed by atoms with E-state index in [9.17, 15) is 14.0 Å². The highest BCUT2D eigenvalue weighted by atomic mass is 19.1. The van der Waals surface area contributed by atoms with Crippen LogP contribution < -0.4 is 5.32 Å². The minimum atomic E-state index is -0.350. The molecule has 144 valence electrons. The van der Waals surface area contributed by atoms with Gasteiger partial charge in [0, 0.05) is 36.4 Å². The number of hydrogen-bond acceptors (Lipinski definition) is 3. The SMILES string of the molecule is O=C(NC[C@H]1[C@H]2CN(C(=O)C3CCC3)C[C@]23CC[C@H]1O3)c1ccc(F)cc1. The second-order valence-electron chi connectivity index (χ2n) is 8.59. The largest absolute Gasteiger partial charge is 0.369 e. The van der Waals surface area contributed by atoms with E-state index in [0.717, 1.165) is 38.6 Å². The van der Waals surface area contributed by atoms with Gasteiger partial charge in [0.15, 0.2) is 0 Å². The third-order valence-electron chi connectivity index (χ3n) is 7.15. The number of fused-ring (bicyclic) bond motifs is 1. The van der Waals surface area contributed by atoms with Crippen LogP contribution in [0.25, 0.3) is 0 Å². The average molecular weight is 372 g/mol. The van der Waals surface area contributed by atoms with Crippen LogP contribution in [0.1, 0.15) is 42.5 Å². The molecule has 4 fully saturated rings. The summed E-state index contributed by atoms with van der Waals surface area (Å²) in [6.07, 6.45) is 5.39. The Labute approximate surface area is 158 Å². The quantitative estimate of drug-likeness (QED) is 0.883. The van der Waals surface area contributed by atoms with Gasteiger partial charge in [0.1, 0.15) is 5.82 Å². The maximum atomic E-state index is 13.0. The van der Waals surface area contributed by atoms with E-state index in [-0.39, 0.29) is 35.3 Å². The van der Waals surface area contributed by atoms with Crippen molar-refractivity contribution >= 4 is 11.8 Å². The molecule has 0 radical (unpaired) electrons. The Kier molecular flexibility index (Phi) is 4.00. The molecular weight excluding hydrogens is 347 g/mol. The Bertz CT molecular complexity index is 763. The van der Waals surface area contributed by atoms with Gasteiger partial charge in [-0.2, -0.15) is 0 Å². The molecule has 3 saturated heterocycles. The van der Waals surface area contributed by atoms with Crippen LogP contribution in [-0.2, 0) is 9.53 Å². The van der Waals surface area contributed by atoms with E-state index in [1.165, 1.54) is 24.3 Å². The summed E-state index contributed by atoms with van der Waals surface area (Å²) in [6.45, 7) is 2.01. The first-order valence-electron chi connectivity index (χ1n) is 10.1. The van der Waals surface area contributed by atoms with Crippen LogP contribution in [0.3, 0.4) is 0 Å². The van der Waals surface area contributed by atoms with Crippen molar-refractivity contribution in [1.82, 2.24) is 10.2 Å². The van der Waals surface area contributed by atoms with E-state index >= 15 is 0 Å². The third-order valence-corrected chi connectivity index (χ3v) is 7.15. The molecule has 1 aromatic carbocycles. The number of carbonyl (C=O) groups is 2. The molecule has 1 N–H and O–H groups in total. The van der Waals surface area contributed by atoms with Crippen molar-refractivity contribution in [2.75, 3.05) is 19.6 Å². The highest BCUT2D eigenvalue weighted by Crippen LogP contribution is 2.55. The van der Waals surface area contributed by atoms with Crippen molar-refractivity contribution in [3.05, 3.63) is 35.6 Å². The molecule has 1 saturated carbocycles. The Morgan fingerprint density at radius 1 is 1.22 bits per heavy atom. The number of halogens is 1. The van der Waals surface area contributed by atoms with Gasteiger partial charge in [0.05, 0.1) is 18.2 Å². The average Bonchev–Trinajstić information content (AvgIpc) is 3.27. The Hall–Kier alpha value is -1.95.